The lowest BCUT2D eigenvalue weighted by Crippen LogP contribution is -2.43. The first-order chi connectivity index (χ1) is 11.9. The molecule has 0 radical (unpaired) electrons. The highest BCUT2D eigenvalue weighted by Crippen LogP contribution is 2.06. The second-order valence-electron chi connectivity index (χ2n) is 5.63. The van der Waals surface area contributed by atoms with Gasteiger partial charge in [-0.15, -0.1) is 0 Å². The van der Waals surface area contributed by atoms with Gasteiger partial charge in [0.05, 0.1) is 13.1 Å². The molecule has 0 aliphatic carbocycles. The molecule has 0 saturated heterocycles. The molecule has 0 aliphatic heterocycles. The van der Waals surface area contributed by atoms with Gasteiger partial charge in [-0.2, -0.15) is 0 Å². The summed E-state index contributed by atoms with van der Waals surface area (Å²) in [6.07, 6.45) is 3.61. The molecular formula is C17H24FN3O4. The van der Waals surface area contributed by atoms with Gasteiger partial charge in [-0.3, -0.25) is 14.6 Å². The minimum atomic E-state index is -2.15. The van der Waals surface area contributed by atoms with E-state index in [2.05, 4.69) is 10.3 Å². The van der Waals surface area contributed by atoms with Crippen LogP contribution in [-0.2, 0) is 20.8 Å². The smallest absolute Gasteiger partial charge is 0.340 e. The predicted molar refractivity (Wildman–Crippen MR) is 89.6 cm³/mol. The standard InChI is InChI=1S/C17H24FN3O4/c1-2-10-21(12-15(22)20-11-14(18)17(24)25)16(23)5-3-4-13-6-8-19-9-7-13/h6-9,14H,2-5,10-12H2,1H3,(H,20,22)(H,24,25). The van der Waals surface area contributed by atoms with E-state index in [-0.39, 0.29) is 12.5 Å². The van der Waals surface area contributed by atoms with E-state index in [1.807, 2.05) is 19.1 Å². The summed E-state index contributed by atoms with van der Waals surface area (Å²) in [5.41, 5.74) is 1.09. The van der Waals surface area contributed by atoms with Gasteiger partial charge in [0, 0.05) is 25.4 Å². The van der Waals surface area contributed by atoms with Gasteiger partial charge in [0.1, 0.15) is 0 Å². The fourth-order valence-corrected chi connectivity index (χ4v) is 2.23. The number of nitrogens with zero attached hydrogens (tertiary/aromatic N) is 2. The van der Waals surface area contributed by atoms with E-state index in [4.69, 9.17) is 5.11 Å². The lowest BCUT2D eigenvalue weighted by Gasteiger charge is -2.21. The number of carboxylic acids is 1. The quantitative estimate of drug-likeness (QED) is 0.622. The van der Waals surface area contributed by atoms with Crippen LogP contribution in [0.3, 0.4) is 0 Å². The summed E-state index contributed by atoms with van der Waals surface area (Å²) in [6, 6.07) is 3.77. The number of hydrogen-bond acceptors (Lipinski definition) is 4. The van der Waals surface area contributed by atoms with E-state index < -0.39 is 24.6 Å². The van der Waals surface area contributed by atoms with Crippen LogP contribution < -0.4 is 5.32 Å². The Kier molecular flexibility index (Phi) is 9.13. The normalized spacial score (nSPS) is 11.6. The number of hydrogen-bond donors (Lipinski definition) is 2. The van der Waals surface area contributed by atoms with E-state index in [1.165, 1.54) is 4.90 Å². The van der Waals surface area contributed by atoms with Gasteiger partial charge in [0.15, 0.2) is 0 Å². The van der Waals surface area contributed by atoms with Crippen LogP contribution in [0.2, 0.25) is 0 Å². The van der Waals surface area contributed by atoms with E-state index in [0.717, 1.165) is 12.0 Å². The number of rotatable bonds is 11. The lowest BCUT2D eigenvalue weighted by molar-refractivity contribution is -0.143. The average molecular weight is 353 g/mol. The number of aliphatic carboxylic acids is 1. The number of amides is 2. The van der Waals surface area contributed by atoms with Crippen molar-refractivity contribution in [3.05, 3.63) is 30.1 Å². The second-order valence-corrected chi connectivity index (χ2v) is 5.63. The summed E-state index contributed by atoms with van der Waals surface area (Å²) in [5, 5.41) is 10.6. The highest BCUT2D eigenvalue weighted by atomic mass is 19.1. The third-order valence-corrected chi connectivity index (χ3v) is 3.53. The molecule has 1 atom stereocenters. The van der Waals surface area contributed by atoms with Crippen LogP contribution in [0.25, 0.3) is 0 Å². The molecule has 1 rings (SSSR count). The molecule has 7 nitrogen and oxygen atoms in total. The summed E-state index contributed by atoms with van der Waals surface area (Å²) < 4.78 is 13.0. The monoisotopic (exact) mass is 353 g/mol. The zero-order valence-electron chi connectivity index (χ0n) is 14.3. The molecule has 1 unspecified atom stereocenters. The van der Waals surface area contributed by atoms with Gasteiger partial charge in [-0.05, 0) is 37.0 Å². The molecule has 0 aromatic carbocycles. The van der Waals surface area contributed by atoms with E-state index in [0.29, 0.717) is 25.8 Å². The predicted octanol–water partition coefficient (Wildman–Crippen LogP) is 1.18. The fourth-order valence-electron chi connectivity index (χ4n) is 2.23. The number of carbonyl (C=O) groups excluding carboxylic acids is 2. The second kappa shape index (κ2) is 11.1. The third kappa shape index (κ3) is 8.23. The topological polar surface area (TPSA) is 99.6 Å². The number of halogens is 1. The number of pyridine rings is 1. The van der Waals surface area contributed by atoms with Crippen molar-refractivity contribution in [2.75, 3.05) is 19.6 Å². The first-order valence-electron chi connectivity index (χ1n) is 8.24. The molecule has 1 aromatic rings. The molecule has 0 saturated carbocycles. The maximum absolute atomic E-state index is 13.0. The SMILES string of the molecule is CCCN(CC(=O)NCC(F)C(=O)O)C(=O)CCCc1ccncc1. The minimum Gasteiger partial charge on any atom is -0.479 e. The Morgan fingerprint density at radius 2 is 2.00 bits per heavy atom. The minimum absolute atomic E-state index is 0.152. The van der Waals surface area contributed by atoms with Crippen molar-refractivity contribution in [2.24, 2.45) is 0 Å². The van der Waals surface area contributed by atoms with E-state index in [1.54, 1.807) is 12.4 Å². The van der Waals surface area contributed by atoms with Gasteiger partial charge in [0.25, 0.3) is 0 Å². The van der Waals surface area contributed by atoms with Crippen LogP contribution >= 0.6 is 0 Å². The number of carboxylic acid groups (broad SMARTS) is 1. The zero-order chi connectivity index (χ0) is 18.7. The zero-order valence-corrected chi connectivity index (χ0v) is 14.3. The summed E-state index contributed by atoms with van der Waals surface area (Å²) in [4.78, 5) is 39.8. The van der Waals surface area contributed by atoms with Crippen molar-refractivity contribution >= 4 is 17.8 Å². The summed E-state index contributed by atoms with van der Waals surface area (Å²) in [7, 11) is 0. The molecule has 0 bridgehead atoms. The van der Waals surface area contributed by atoms with Crippen LogP contribution in [0.1, 0.15) is 31.7 Å². The van der Waals surface area contributed by atoms with E-state index in [9.17, 15) is 18.8 Å². The fraction of sp³-hybridized carbons (Fsp3) is 0.529. The highest BCUT2D eigenvalue weighted by Gasteiger charge is 2.19. The molecule has 1 heterocycles. The van der Waals surface area contributed by atoms with Crippen LogP contribution in [0.5, 0.6) is 0 Å². The van der Waals surface area contributed by atoms with Crippen LogP contribution in [0.15, 0.2) is 24.5 Å². The van der Waals surface area contributed by atoms with E-state index >= 15 is 0 Å². The molecule has 2 N–H and O–H groups in total. The van der Waals surface area contributed by atoms with Crippen molar-refractivity contribution in [2.45, 2.75) is 38.8 Å². The number of aryl methyl sites for hydroxylation is 1. The van der Waals surface area contributed by atoms with Crippen molar-refractivity contribution in [3.63, 3.8) is 0 Å². The number of alkyl halides is 1. The third-order valence-electron chi connectivity index (χ3n) is 3.53. The van der Waals surface area contributed by atoms with Crippen LogP contribution in [-0.4, -0.2) is 58.6 Å². The average Bonchev–Trinajstić information content (AvgIpc) is 2.60. The highest BCUT2D eigenvalue weighted by molar-refractivity contribution is 5.85. The molecule has 0 spiro atoms. The number of carbonyl (C=O) groups is 3. The Balaban J connectivity index is 2.41. The molecule has 0 aliphatic rings. The van der Waals surface area contributed by atoms with Gasteiger partial charge < -0.3 is 15.3 Å². The first kappa shape index (κ1) is 20.5. The lowest BCUT2D eigenvalue weighted by atomic mass is 10.1. The Morgan fingerprint density at radius 1 is 1.32 bits per heavy atom. The Hall–Kier alpha value is -2.51. The first-order valence-corrected chi connectivity index (χ1v) is 8.24. The summed E-state index contributed by atoms with van der Waals surface area (Å²) in [6.45, 7) is 1.50. The maximum atomic E-state index is 13.0. The largest absolute Gasteiger partial charge is 0.479 e. The van der Waals surface area contributed by atoms with Gasteiger partial charge in [-0.25, -0.2) is 9.18 Å². The molecule has 1 aromatic heterocycles. The van der Waals surface area contributed by atoms with Crippen LogP contribution in [0.4, 0.5) is 4.39 Å². The van der Waals surface area contributed by atoms with Gasteiger partial charge in [-0.1, -0.05) is 6.92 Å². The van der Waals surface area contributed by atoms with Crippen molar-refractivity contribution in [1.29, 1.82) is 0 Å². The summed E-state index contributed by atoms with van der Waals surface area (Å²) >= 11 is 0. The number of aromatic nitrogens is 1. The van der Waals surface area contributed by atoms with Crippen molar-refractivity contribution in [3.8, 4) is 0 Å². The van der Waals surface area contributed by atoms with Gasteiger partial charge in [0.2, 0.25) is 18.0 Å². The van der Waals surface area contributed by atoms with Crippen molar-refractivity contribution < 1.29 is 23.9 Å². The molecule has 0 fully saturated rings. The van der Waals surface area contributed by atoms with Gasteiger partial charge >= 0.3 is 5.97 Å². The Labute approximate surface area is 146 Å². The van der Waals surface area contributed by atoms with Crippen molar-refractivity contribution in [1.82, 2.24) is 15.2 Å². The molecule has 8 heteroatoms. The molecule has 138 valence electrons. The Bertz CT molecular complexity index is 568. The Morgan fingerprint density at radius 3 is 2.60 bits per heavy atom. The number of nitrogens with one attached hydrogen (secondary N) is 1. The van der Waals surface area contributed by atoms with Crippen LogP contribution in [0, 0.1) is 0 Å². The molecular weight excluding hydrogens is 329 g/mol. The molecule has 25 heavy (non-hydrogen) atoms. The summed E-state index contributed by atoms with van der Waals surface area (Å²) in [5.74, 6) is -2.35. The molecule has 2 amide bonds. The maximum Gasteiger partial charge on any atom is 0.340 e.